The molecule has 0 aliphatic rings. The zero-order valence-electron chi connectivity index (χ0n) is 13.2. The summed E-state index contributed by atoms with van der Waals surface area (Å²) < 4.78 is 6.95. The van der Waals surface area contributed by atoms with Gasteiger partial charge in [0.25, 0.3) is 5.91 Å². The van der Waals surface area contributed by atoms with E-state index in [1.165, 1.54) is 6.08 Å². The van der Waals surface area contributed by atoms with E-state index in [0.717, 1.165) is 3.57 Å². The van der Waals surface area contributed by atoms with Crippen LogP contribution >= 0.6 is 50.1 Å². The molecule has 0 radical (unpaired) electrons. The second kappa shape index (κ2) is 9.63. The van der Waals surface area contributed by atoms with E-state index < -0.39 is 5.91 Å². The Morgan fingerprint density at radius 2 is 2.08 bits per heavy atom. The van der Waals surface area contributed by atoms with Gasteiger partial charge < -0.3 is 10.1 Å². The van der Waals surface area contributed by atoms with E-state index in [9.17, 15) is 10.1 Å². The minimum Gasteiger partial charge on any atom is -0.479 e. The smallest absolute Gasteiger partial charge is 0.266 e. The highest BCUT2D eigenvalue weighted by molar-refractivity contribution is 14.1. The highest BCUT2D eigenvalue weighted by atomic mass is 127. The molecule has 2 rings (SSSR count). The Morgan fingerprint density at radius 1 is 1.38 bits per heavy atom. The Morgan fingerprint density at radius 3 is 2.65 bits per heavy atom. The Bertz CT molecular complexity index is 920. The van der Waals surface area contributed by atoms with Crippen LogP contribution in [-0.4, -0.2) is 12.5 Å². The molecule has 0 aliphatic heterocycles. The monoisotopic (exact) mass is 540 g/mol. The summed E-state index contributed by atoms with van der Waals surface area (Å²) in [6, 6.07) is 12.1. The van der Waals surface area contributed by atoms with Gasteiger partial charge in [0.05, 0.1) is 8.04 Å². The van der Waals surface area contributed by atoms with Gasteiger partial charge in [-0.3, -0.25) is 4.79 Å². The third-order valence-electron chi connectivity index (χ3n) is 3.10. The fourth-order valence-corrected chi connectivity index (χ4v) is 3.86. The number of carbonyl (C=O) groups excluding carboxylic acids is 1. The summed E-state index contributed by atoms with van der Waals surface area (Å²) in [4.78, 5) is 12.3. The average molecular weight is 542 g/mol. The molecular formula is C19H11BrClIN2O2. The Kier molecular flexibility index (Phi) is 7.52. The zero-order chi connectivity index (χ0) is 19.1. The van der Waals surface area contributed by atoms with E-state index in [-0.39, 0.29) is 12.2 Å². The van der Waals surface area contributed by atoms with Crippen LogP contribution in [0.2, 0.25) is 5.02 Å². The van der Waals surface area contributed by atoms with Gasteiger partial charge in [0.2, 0.25) is 0 Å². The molecule has 26 heavy (non-hydrogen) atoms. The molecule has 0 atom stereocenters. The van der Waals surface area contributed by atoms with Crippen LogP contribution in [0.4, 0.5) is 5.69 Å². The minimum absolute atomic E-state index is 0.0278. The number of hydrogen-bond acceptors (Lipinski definition) is 3. The van der Waals surface area contributed by atoms with E-state index in [2.05, 4.69) is 49.8 Å². The largest absolute Gasteiger partial charge is 0.479 e. The summed E-state index contributed by atoms with van der Waals surface area (Å²) in [7, 11) is 0. The highest BCUT2D eigenvalue weighted by Gasteiger charge is 2.12. The van der Waals surface area contributed by atoms with Crippen molar-refractivity contribution in [3.8, 4) is 24.2 Å². The lowest BCUT2D eigenvalue weighted by molar-refractivity contribution is -0.112. The number of carbonyl (C=O) groups is 1. The first-order chi connectivity index (χ1) is 12.4. The van der Waals surface area contributed by atoms with Crippen LogP contribution in [0.15, 0.2) is 46.4 Å². The molecule has 0 bridgehead atoms. The third kappa shape index (κ3) is 5.50. The molecule has 1 N–H and O–H groups in total. The number of amides is 1. The van der Waals surface area contributed by atoms with E-state index in [4.69, 9.17) is 22.8 Å². The van der Waals surface area contributed by atoms with Crippen LogP contribution in [0.1, 0.15) is 5.56 Å². The van der Waals surface area contributed by atoms with Gasteiger partial charge in [-0.1, -0.05) is 17.5 Å². The number of nitriles is 1. The van der Waals surface area contributed by atoms with Crippen LogP contribution < -0.4 is 10.1 Å². The number of halogens is 3. The number of terminal acetylenes is 1. The first kappa shape index (κ1) is 20.3. The van der Waals surface area contributed by atoms with Crippen molar-refractivity contribution in [3.63, 3.8) is 0 Å². The maximum atomic E-state index is 12.3. The number of nitrogens with zero attached hydrogens (tertiary/aromatic N) is 1. The van der Waals surface area contributed by atoms with Gasteiger partial charge in [-0.2, -0.15) is 5.26 Å². The maximum Gasteiger partial charge on any atom is 0.266 e. The fourth-order valence-electron chi connectivity index (χ4n) is 1.96. The molecular weight excluding hydrogens is 530 g/mol. The van der Waals surface area contributed by atoms with Gasteiger partial charge in [-0.25, -0.2) is 0 Å². The topological polar surface area (TPSA) is 62.1 Å². The standard InChI is InChI=1S/C19H11BrClIN2O2/c1-2-7-26-18-16(20)9-12(10-17(18)22)8-13(11-23)19(25)24-15-5-3-14(21)4-6-15/h1,3-6,8-10H,7H2,(H,24,25)/b13-8-. The number of ether oxygens (including phenoxy) is 1. The second-order valence-corrected chi connectivity index (χ2v) is 7.39. The van der Waals surface area contributed by atoms with E-state index in [1.54, 1.807) is 36.4 Å². The molecule has 4 nitrogen and oxygen atoms in total. The molecule has 0 saturated heterocycles. The highest BCUT2D eigenvalue weighted by Crippen LogP contribution is 2.32. The van der Waals surface area contributed by atoms with Gasteiger partial charge >= 0.3 is 0 Å². The van der Waals surface area contributed by atoms with Crippen molar-refractivity contribution < 1.29 is 9.53 Å². The van der Waals surface area contributed by atoms with Gasteiger partial charge in [0, 0.05) is 10.7 Å². The second-order valence-electron chi connectivity index (χ2n) is 4.94. The molecule has 0 spiro atoms. The summed E-state index contributed by atoms with van der Waals surface area (Å²) >= 11 is 11.3. The van der Waals surface area contributed by atoms with Crippen molar-refractivity contribution in [1.82, 2.24) is 0 Å². The molecule has 0 unspecified atom stereocenters. The van der Waals surface area contributed by atoms with Crippen molar-refractivity contribution in [2.45, 2.75) is 0 Å². The van der Waals surface area contributed by atoms with Crippen LogP contribution in [0, 0.1) is 27.2 Å². The van der Waals surface area contributed by atoms with E-state index in [1.807, 2.05) is 6.07 Å². The van der Waals surface area contributed by atoms with E-state index in [0.29, 0.717) is 26.5 Å². The van der Waals surface area contributed by atoms with Crippen LogP contribution in [0.5, 0.6) is 5.75 Å². The average Bonchev–Trinajstić information content (AvgIpc) is 2.61. The molecule has 0 heterocycles. The molecule has 7 heteroatoms. The number of rotatable bonds is 5. The molecule has 0 aliphatic carbocycles. The van der Waals surface area contributed by atoms with Gasteiger partial charge in [0.1, 0.15) is 24.0 Å². The minimum atomic E-state index is -0.506. The molecule has 0 saturated carbocycles. The van der Waals surface area contributed by atoms with Gasteiger partial charge in [-0.15, -0.1) is 6.42 Å². The van der Waals surface area contributed by atoms with Crippen LogP contribution in [0.25, 0.3) is 6.08 Å². The normalized spacial score (nSPS) is 10.6. The molecule has 0 aromatic heterocycles. The fraction of sp³-hybridized carbons (Fsp3) is 0.0526. The lowest BCUT2D eigenvalue weighted by Crippen LogP contribution is -2.13. The molecule has 0 fully saturated rings. The summed E-state index contributed by atoms with van der Waals surface area (Å²) in [5.41, 5.74) is 1.20. The predicted molar refractivity (Wildman–Crippen MR) is 115 cm³/mol. The molecule has 1 amide bonds. The summed E-state index contributed by atoms with van der Waals surface area (Å²) in [5.74, 6) is 2.52. The van der Waals surface area contributed by atoms with Crippen molar-refractivity contribution >= 4 is 67.8 Å². The SMILES string of the molecule is C#CCOc1c(Br)cc(/C=C(/C#N)C(=O)Nc2ccc(Cl)cc2)cc1I. The lowest BCUT2D eigenvalue weighted by Gasteiger charge is -2.09. The van der Waals surface area contributed by atoms with Crippen molar-refractivity contribution in [2.75, 3.05) is 11.9 Å². The molecule has 2 aromatic rings. The van der Waals surface area contributed by atoms with Crippen LogP contribution in [-0.2, 0) is 4.79 Å². The first-order valence-corrected chi connectivity index (χ1v) is 9.43. The Balaban J connectivity index is 2.25. The summed E-state index contributed by atoms with van der Waals surface area (Å²) in [5, 5.41) is 12.5. The van der Waals surface area contributed by atoms with Gasteiger partial charge in [-0.05, 0) is 86.6 Å². The zero-order valence-corrected chi connectivity index (χ0v) is 17.7. The van der Waals surface area contributed by atoms with E-state index >= 15 is 0 Å². The summed E-state index contributed by atoms with van der Waals surface area (Å²) in [6.07, 6.45) is 6.71. The summed E-state index contributed by atoms with van der Waals surface area (Å²) in [6.45, 7) is 0.150. The molecule has 130 valence electrons. The Hall–Kier alpha value is -2.00. The van der Waals surface area contributed by atoms with Crippen molar-refractivity contribution in [1.29, 1.82) is 5.26 Å². The number of anilines is 1. The molecule has 2 aromatic carbocycles. The Labute approximate surface area is 178 Å². The van der Waals surface area contributed by atoms with Gasteiger partial charge in [0.15, 0.2) is 0 Å². The van der Waals surface area contributed by atoms with Crippen LogP contribution in [0.3, 0.4) is 0 Å². The first-order valence-electron chi connectivity index (χ1n) is 7.18. The number of benzene rings is 2. The van der Waals surface area contributed by atoms with Crippen molar-refractivity contribution in [3.05, 3.63) is 60.6 Å². The van der Waals surface area contributed by atoms with Crippen molar-refractivity contribution in [2.24, 2.45) is 0 Å². The maximum absolute atomic E-state index is 12.3. The predicted octanol–water partition coefficient (Wildman–Crippen LogP) is 5.26. The quantitative estimate of drug-likeness (QED) is 0.243. The number of nitrogens with one attached hydrogen (secondary N) is 1. The number of hydrogen-bond donors (Lipinski definition) is 1. The lowest BCUT2D eigenvalue weighted by atomic mass is 10.1. The third-order valence-corrected chi connectivity index (χ3v) is 4.74.